The second kappa shape index (κ2) is 5.43. The summed E-state index contributed by atoms with van der Waals surface area (Å²) in [6, 6.07) is 0. The first kappa shape index (κ1) is 19.9. The van der Waals surface area contributed by atoms with Gasteiger partial charge in [-0.05, 0) is 0 Å². The molecule has 1 saturated heterocycles. The molecule has 0 bridgehead atoms. The van der Waals surface area contributed by atoms with Crippen LogP contribution in [0.5, 0.6) is 0 Å². The van der Waals surface area contributed by atoms with Crippen LogP contribution in [0.15, 0.2) is 0 Å². The van der Waals surface area contributed by atoms with Crippen molar-refractivity contribution >= 4 is 39.6 Å². The molecule has 1 aliphatic heterocycles. The van der Waals surface area contributed by atoms with Crippen molar-refractivity contribution in [1.29, 1.82) is 0 Å². The molecule has 0 saturated carbocycles. The fourth-order valence-electron chi connectivity index (χ4n) is 1.49. The molecule has 1 rings (SSSR count). The Morgan fingerprint density at radius 3 is 1.05 bits per heavy atom. The fraction of sp³-hybridized carbons (Fsp3) is 1.00. The van der Waals surface area contributed by atoms with Crippen LogP contribution >= 0.6 is 39.6 Å². The number of alkyl halides is 14. The summed E-state index contributed by atoms with van der Waals surface area (Å²) in [7, 11) is 0. The standard InChI is InChI=1S/C9H12F8I2O2/c1-18(2)8(16)9(17,19(3)4)21-5(20-8,6(10,11)12)7(13,14)15/h1-4H3. The van der Waals surface area contributed by atoms with Crippen molar-refractivity contribution in [3.05, 3.63) is 0 Å². The van der Waals surface area contributed by atoms with Gasteiger partial charge in [-0.25, -0.2) is 0 Å². The number of hydrogen-bond donors (Lipinski definition) is 0. The Morgan fingerprint density at radius 1 is 0.667 bits per heavy atom. The van der Waals surface area contributed by atoms with Crippen LogP contribution in [0.2, 0.25) is 0 Å². The van der Waals surface area contributed by atoms with Crippen LogP contribution in [0.3, 0.4) is 0 Å². The molecule has 12 heteroatoms. The van der Waals surface area contributed by atoms with Crippen molar-refractivity contribution in [2.24, 2.45) is 0 Å². The Morgan fingerprint density at radius 2 is 0.905 bits per heavy atom. The molecule has 0 aromatic carbocycles. The predicted octanol–water partition coefficient (Wildman–Crippen LogP) is 4.63. The Kier molecular flexibility index (Phi) is 5.13. The molecule has 130 valence electrons. The third kappa shape index (κ3) is 2.75. The zero-order chi connectivity index (χ0) is 17.1. The summed E-state index contributed by atoms with van der Waals surface area (Å²) in [6.07, 6.45) is -12.3. The molecule has 0 aromatic rings. The molecular weight excluding hydrogens is 546 g/mol. The van der Waals surface area contributed by atoms with E-state index >= 15 is 0 Å². The molecule has 0 aromatic heterocycles. The van der Waals surface area contributed by atoms with Crippen LogP contribution in [-0.2, 0) is 9.47 Å². The normalized spacial score (nSPS) is 34.9. The van der Waals surface area contributed by atoms with Gasteiger partial charge < -0.3 is 0 Å². The molecule has 0 radical (unpaired) electrons. The van der Waals surface area contributed by atoms with E-state index < -0.39 is 65.5 Å². The van der Waals surface area contributed by atoms with Gasteiger partial charge in [0.2, 0.25) is 0 Å². The van der Waals surface area contributed by atoms with E-state index in [0.29, 0.717) is 0 Å². The minimum atomic E-state index is -6.16. The molecule has 0 amide bonds. The van der Waals surface area contributed by atoms with Crippen LogP contribution in [-0.4, -0.2) is 45.6 Å². The zero-order valence-corrected chi connectivity index (χ0v) is 15.4. The third-order valence-electron chi connectivity index (χ3n) is 2.60. The Bertz CT molecular complexity index is 372. The summed E-state index contributed by atoms with van der Waals surface area (Å²) in [5, 5.41) is 0. The first-order chi connectivity index (χ1) is 9.05. The first-order valence-corrected chi connectivity index (χ1v) is 15.8. The van der Waals surface area contributed by atoms with E-state index in [1.165, 1.54) is 0 Å². The summed E-state index contributed by atoms with van der Waals surface area (Å²) in [5.74, 6) is -5.27. The van der Waals surface area contributed by atoms with Gasteiger partial charge >= 0.3 is 130 Å². The molecule has 2 nitrogen and oxygen atoms in total. The molecule has 1 heterocycles. The van der Waals surface area contributed by atoms with E-state index in [1.807, 2.05) is 0 Å². The molecule has 0 aliphatic carbocycles. The Hall–Kier alpha value is 0.820. The fourth-order valence-corrected chi connectivity index (χ4v) is 11.2. The van der Waals surface area contributed by atoms with Crippen molar-refractivity contribution in [1.82, 2.24) is 0 Å². The number of rotatable bonds is 2. The Balaban J connectivity index is 3.57. The van der Waals surface area contributed by atoms with Gasteiger partial charge in [-0.15, -0.1) is 0 Å². The number of ether oxygens (including phenoxy) is 2. The van der Waals surface area contributed by atoms with E-state index in [0.717, 1.165) is 19.7 Å². The molecule has 1 fully saturated rings. The van der Waals surface area contributed by atoms with Gasteiger partial charge in [0.1, 0.15) is 0 Å². The average Bonchev–Trinajstić information content (AvgIpc) is 2.50. The molecule has 1 aliphatic rings. The first-order valence-electron chi connectivity index (χ1n) is 4.97. The van der Waals surface area contributed by atoms with Gasteiger partial charge in [0, 0.05) is 0 Å². The summed E-state index contributed by atoms with van der Waals surface area (Å²) >= 11 is -6.57. The maximum absolute atomic E-state index is 14.7. The second-order valence-electron chi connectivity index (χ2n) is 4.36. The van der Waals surface area contributed by atoms with Crippen LogP contribution in [0, 0.1) is 0 Å². The molecule has 0 spiro atoms. The van der Waals surface area contributed by atoms with Crippen molar-refractivity contribution in [2.75, 3.05) is 19.7 Å². The molecule has 2 atom stereocenters. The maximum atomic E-state index is 14.7. The van der Waals surface area contributed by atoms with Gasteiger partial charge in [-0.1, -0.05) is 0 Å². The van der Waals surface area contributed by atoms with E-state index in [1.54, 1.807) is 0 Å². The SMILES string of the molecule is CI(C)C1(F)OC(C(F)(F)F)(C(F)(F)F)OC1(F)I(C)C. The van der Waals surface area contributed by atoms with Crippen LogP contribution < -0.4 is 0 Å². The number of hydrogen-bond acceptors (Lipinski definition) is 2. The predicted molar refractivity (Wildman–Crippen MR) is 76.4 cm³/mol. The van der Waals surface area contributed by atoms with Crippen LogP contribution in [0.1, 0.15) is 0 Å². The molecule has 2 unspecified atom stereocenters. The second-order valence-corrected chi connectivity index (χ2v) is 15.8. The number of halogens is 10. The molecule has 0 N–H and O–H groups in total. The van der Waals surface area contributed by atoms with Gasteiger partial charge in [0.25, 0.3) is 0 Å². The van der Waals surface area contributed by atoms with Crippen LogP contribution in [0.25, 0.3) is 0 Å². The van der Waals surface area contributed by atoms with Crippen molar-refractivity contribution < 1.29 is 44.6 Å². The van der Waals surface area contributed by atoms with Crippen molar-refractivity contribution in [3.63, 3.8) is 0 Å². The van der Waals surface area contributed by atoms with E-state index in [2.05, 4.69) is 9.47 Å². The topological polar surface area (TPSA) is 18.5 Å². The quantitative estimate of drug-likeness (QED) is 0.280. The van der Waals surface area contributed by atoms with Crippen LogP contribution in [0.4, 0.5) is 35.1 Å². The summed E-state index contributed by atoms with van der Waals surface area (Å²) < 4.78 is 107. The molecule has 21 heavy (non-hydrogen) atoms. The van der Waals surface area contributed by atoms with Gasteiger partial charge in [0.15, 0.2) is 0 Å². The van der Waals surface area contributed by atoms with E-state index in [-0.39, 0.29) is 0 Å². The monoisotopic (exact) mass is 558 g/mol. The van der Waals surface area contributed by atoms with Crippen molar-refractivity contribution in [3.8, 4) is 0 Å². The van der Waals surface area contributed by atoms with Crippen molar-refractivity contribution in [2.45, 2.75) is 25.9 Å². The van der Waals surface area contributed by atoms with Gasteiger partial charge in [-0.3, -0.25) is 0 Å². The van der Waals surface area contributed by atoms with Gasteiger partial charge in [0.05, 0.1) is 0 Å². The molecular formula is C9H12F8I2O2. The Labute approximate surface area is 129 Å². The zero-order valence-electron chi connectivity index (χ0n) is 11.1. The van der Waals surface area contributed by atoms with Gasteiger partial charge in [-0.2, -0.15) is 0 Å². The average molecular weight is 558 g/mol. The summed E-state index contributed by atoms with van der Waals surface area (Å²) in [6.45, 7) is 0. The summed E-state index contributed by atoms with van der Waals surface area (Å²) in [5.41, 5.74) is 0. The van der Waals surface area contributed by atoms with E-state index in [9.17, 15) is 35.1 Å². The minimum absolute atomic E-state index is 1.07. The summed E-state index contributed by atoms with van der Waals surface area (Å²) in [4.78, 5) is 4.29. The third-order valence-corrected chi connectivity index (χ3v) is 11.0. The van der Waals surface area contributed by atoms with E-state index in [4.69, 9.17) is 0 Å².